The van der Waals surface area contributed by atoms with E-state index in [0.717, 1.165) is 25.0 Å². The fourth-order valence-electron chi connectivity index (χ4n) is 2.57. The van der Waals surface area contributed by atoms with Crippen LogP contribution < -0.4 is 0 Å². The number of hydrogen-bond acceptors (Lipinski definition) is 2. The first-order valence-electron chi connectivity index (χ1n) is 6.92. The highest BCUT2D eigenvalue weighted by Gasteiger charge is 2.26. The molecule has 0 N–H and O–H groups in total. The third-order valence-electron chi connectivity index (χ3n) is 3.60. The highest BCUT2D eigenvalue weighted by Crippen LogP contribution is 2.29. The van der Waals surface area contributed by atoms with E-state index in [2.05, 4.69) is 0 Å². The first-order chi connectivity index (χ1) is 9.61. The maximum atomic E-state index is 13.8. The van der Waals surface area contributed by atoms with Gasteiger partial charge in [0, 0.05) is 25.6 Å². The largest absolute Gasteiger partial charge is 0.372 e. The highest BCUT2D eigenvalue weighted by molar-refractivity contribution is 5.77. The number of rotatable bonds is 4. The summed E-state index contributed by atoms with van der Waals surface area (Å²) >= 11 is 0. The number of halogens is 2. The van der Waals surface area contributed by atoms with Gasteiger partial charge in [-0.15, -0.1) is 0 Å². The van der Waals surface area contributed by atoms with Crippen molar-refractivity contribution in [3.05, 3.63) is 35.4 Å². The summed E-state index contributed by atoms with van der Waals surface area (Å²) in [5, 5.41) is 0. The molecule has 0 unspecified atom stereocenters. The number of ether oxygens (including phenoxy) is 1. The van der Waals surface area contributed by atoms with Gasteiger partial charge in [0.05, 0.1) is 0 Å². The molecule has 0 saturated carbocycles. The Morgan fingerprint density at radius 1 is 1.45 bits per heavy atom. The fraction of sp³-hybridized carbons (Fsp3) is 0.533. The predicted molar refractivity (Wildman–Crippen MR) is 71.4 cm³/mol. The minimum atomic E-state index is -0.445. The third-order valence-corrected chi connectivity index (χ3v) is 3.60. The zero-order chi connectivity index (χ0) is 14.5. The van der Waals surface area contributed by atoms with Crippen LogP contribution in [0.1, 0.15) is 31.2 Å². The third kappa shape index (κ3) is 3.54. The number of amides is 1. The number of nitrogens with zero attached hydrogens (tertiary/aromatic N) is 1. The van der Waals surface area contributed by atoms with Crippen LogP contribution in [0.3, 0.4) is 0 Å². The van der Waals surface area contributed by atoms with Gasteiger partial charge >= 0.3 is 0 Å². The predicted octanol–water partition coefficient (Wildman–Crippen LogP) is 2.71. The molecule has 0 bridgehead atoms. The molecule has 1 fully saturated rings. The smallest absolute Gasteiger partial charge is 0.248 e. The minimum absolute atomic E-state index is 0.0504. The summed E-state index contributed by atoms with van der Waals surface area (Å²) in [6.07, 6.45) is 1.55. The summed E-state index contributed by atoms with van der Waals surface area (Å²) in [5.74, 6) is -1.09. The average molecular weight is 283 g/mol. The molecule has 110 valence electrons. The number of carbonyl (C=O) groups excluding carboxylic acids is 1. The Morgan fingerprint density at radius 2 is 2.25 bits per heavy atom. The minimum Gasteiger partial charge on any atom is -0.372 e. The van der Waals surface area contributed by atoms with E-state index in [0.29, 0.717) is 25.3 Å². The number of piperidine rings is 1. The standard InChI is InChI=1S/C15H19F2NO2/c1-2-20-10-15(19)18-7-3-4-11(9-18)13-8-12(16)5-6-14(13)17/h5-6,8,11H,2-4,7,9-10H2,1H3/t11-/m1/s1. The van der Waals surface area contributed by atoms with Crippen LogP contribution in [0, 0.1) is 11.6 Å². The van der Waals surface area contributed by atoms with Crippen molar-refractivity contribution in [3.8, 4) is 0 Å². The molecule has 0 radical (unpaired) electrons. The number of carbonyl (C=O) groups is 1. The van der Waals surface area contributed by atoms with Crippen LogP contribution in [0.2, 0.25) is 0 Å². The Hall–Kier alpha value is -1.49. The van der Waals surface area contributed by atoms with Gasteiger partial charge in [0.25, 0.3) is 0 Å². The Balaban J connectivity index is 2.06. The Labute approximate surface area is 117 Å². The van der Waals surface area contributed by atoms with Gasteiger partial charge in [-0.05, 0) is 43.5 Å². The van der Waals surface area contributed by atoms with E-state index in [1.54, 1.807) is 4.90 Å². The number of likely N-dealkylation sites (tertiary alicyclic amines) is 1. The molecule has 1 aromatic carbocycles. The molecule has 1 heterocycles. The summed E-state index contributed by atoms with van der Waals surface area (Å²) < 4.78 is 32.2. The number of hydrogen-bond donors (Lipinski definition) is 0. The molecule has 1 saturated heterocycles. The molecule has 20 heavy (non-hydrogen) atoms. The van der Waals surface area contributed by atoms with Crippen LogP contribution in [-0.4, -0.2) is 37.1 Å². The van der Waals surface area contributed by atoms with Crippen molar-refractivity contribution < 1.29 is 18.3 Å². The zero-order valence-corrected chi connectivity index (χ0v) is 11.6. The first kappa shape index (κ1) is 14.9. The second-order valence-electron chi connectivity index (χ2n) is 4.98. The second kappa shape index (κ2) is 6.79. The van der Waals surface area contributed by atoms with Crippen molar-refractivity contribution in [2.24, 2.45) is 0 Å². The lowest BCUT2D eigenvalue weighted by atomic mass is 9.90. The van der Waals surface area contributed by atoms with Crippen molar-refractivity contribution in [2.75, 3.05) is 26.3 Å². The molecule has 0 spiro atoms. The summed E-state index contributed by atoms with van der Waals surface area (Å²) in [7, 11) is 0. The van der Waals surface area contributed by atoms with Crippen LogP contribution in [-0.2, 0) is 9.53 Å². The van der Waals surface area contributed by atoms with Gasteiger partial charge in [-0.25, -0.2) is 8.78 Å². The van der Waals surface area contributed by atoms with Gasteiger partial charge < -0.3 is 9.64 Å². The molecule has 3 nitrogen and oxygen atoms in total. The molecule has 0 aromatic heterocycles. The van der Waals surface area contributed by atoms with Crippen molar-refractivity contribution >= 4 is 5.91 Å². The summed E-state index contributed by atoms with van der Waals surface area (Å²) in [6, 6.07) is 3.49. The van der Waals surface area contributed by atoms with E-state index in [1.807, 2.05) is 6.92 Å². The number of benzene rings is 1. The van der Waals surface area contributed by atoms with Crippen LogP contribution >= 0.6 is 0 Å². The van der Waals surface area contributed by atoms with Gasteiger partial charge in [0.15, 0.2) is 0 Å². The average Bonchev–Trinajstić information content (AvgIpc) is 2.47. The molecule has 2 rings (SSSR count). The lowest BCUT2D eigenvalue weighted by Gasteiger charge is -2.33. The topological polar surface area (TPSA) is 29.5 Å². The van der Waals surface area contributed by atoms with Crippen LogP contribution in [0.15, 0.2) is 18.2 Å². The van der Waals surface area contributed by atoms with Gasteiger partial charge in [-0.2, -0.15) is 0 Å². The van der Waals surface area contributed by atoms with E-state index in [1.165, 1.54) is 6.07 Å². The molecule has 1 aromatic rings. The van der Waals surface area contributed by atoms with Crippen molar-refractivity contribution in [2.45, 2.75) is 25.7 Å². The molecule has 1 aliphatic heterocycles. The summed E-state index contributed by atoms with van der Waals surface area (Å²) in [6.45, 7) is 3.44. The zero-order valence-electron chi connectivity index (χ0n) is 11.6. The van der Waals surface area contributed by atoms with Crippen LogP contribution in [0.25, 0.3) is 0 Å². The maximum Gasteiger partial charge on any atom is 0.248 e. The van der Waals surface area contributed by atoms with Crippen molar-refractivity contribution in [1.82, 2.24) is 4.90 Å². The molecule has 1 atom stereocenters. The van der Waals surface area contributed by atoms with E-state index < -0.39 is 11.6 Å². The second-order valence-corrected chi connectivity index (χ2v) is 4.98. The quantitative estimate of drug-likeness (QED) is 0.850. The van der Waals surface area contributed by atoms with Crippen molar-refractivity contribution in [3.63, 3.8) is 0 Å². The normalized spacial score (nSPS) is 19.1. The van der Waals surface area contributed by atoms with E-state index >= 15 is 0 Å². The summed E-state index contributed by atoms with van der Waals surface area (Å²) in [5.41, 5.74) is 0.360. The lowest BCUT2D eigenvalue weighted by molar-refractivity contribution is -0.137. The van der Waals surface area contributed by atoms with Crippen LogP contribution in [0.5, 0.6) is 0 Å². The van der Waals surface area contributed by atoms with E-state index in [4.69, 9.17) is 4.74 Å². The van der Waals surface area contributed by atoms with E-state index in [9.17, 15) is 13.6 Å². The van der Waals surface area contributed by atoms with Gasteiger partial charge in [0.2, 0.25) is 5.91 Å². The molecule has 1 amide bonds. The maximum absolute atomic E-state index is 13.8. The van der Waals surface area contributed by atoms with Gasteiger partial charge in [-0.3, -0.25) is 4.79 Å². The Kier molecular flexibility index (Phi) is 5.06. The van der Waals surface area contributed by atoms with Gasteiger partial charge in [-0.1, -0.05) is 0 Å². The summed E-state index contributed by atoms with van der Waals surface area (Å²) in [4.78, 5) is 13.6. The van der Waals surface area contributed by atoms with Crippen molar-refractivity contribution in [1.29, 1.82) is 0 Å². The fourth-order valence-corrected chi connectivity index (χ4v) is 2.57. The molecule has 1 aliphatic rings. The monoisotopic (exact) mass is 283 g/mol. The Morgan fingerprint density at radius 3 is 3.00 bits per heavy atom. The highest BCUT2D eigenvalue weighted by atomic mass is 19.1. The van der Waals surface area contributed by atoms with E-state index in [-0.39, 0.29) is 18.4 Å². The molecule has 5 heteroatoms. The lowest BCUT2D eigenvalue weighted by Crippen LogP contribution is -2.41. The molecular formula is C15H19F2NO2. The first-order valence-corrected chi connectivity index (χ1v) is 6.92. The SMILES string of the molecule is CCOCC(=O)N1CCC[C@@H](c2cc(F)ccc2F)C1. The van der Waals surface area contributed by atoms with Crippen LogP contribution in [0.4, 0.5) is 8.78 Å². The molecule has 0 aliphatic carbocycles. The van der Waals surface area contributed by atoms with Gasteiger partial charge in [0.1, 0.15) is 18.2 Å². The Bertz CT molecular complexity index is 479. The molecular weight excluding hydrogens is 264 g/mol.